The standard InChI is InChI=1S/C10H12N2O5/c13-6-16-4-2-9(17-7-14)12-10(15)8-1-3-11-5-8/h3,5-7,9H,1-2,4H2,(H,12,15)/t9-/m1/s1. The number of nitrogens with one attached hydrogen (secondary N) is 1. The third-order valence-corrected chi connectivity index (χ3v) is 2.02. The molecule has 0 spiro atoms. The highest BCUT2D eigenvalue weighted by Gasteiger charge is 2.17. The lowest BCUT2D eigenvalue weighted by atomic mass is 10.2. The molecular formula is C10H12N2O5. The van der Waals surface area contributed by atoms with Gasteiger partial charge in [-0.05, 0) is 0 Å². The Balaban J connectivity index is 2.39. The fourth-order valence-corrected chi connectivity index (χ4v) is 1.20. The van der Waals surface area contributed by atoms with Crippen molar-refractivity contribution in [2.75, 3.05) is 6.61 Å². The first-order chi connectivity index (χ1) is 8.27. The van der Waals surface area contributed by atoms with E-state index in [1.165, 1.54) is 6.20 Å². The van der Waals surface area contributed by atoms with Crippen LogP contribution >= 0.6 is 0 Å². The summed E-state index contributed by atoms with van der Waals surface area (Å²) in [6.07, 6.45) is 2.86. The van der Waals surface area contributed by atoms with Gasteiger partial charge in [0.05, 0.1) is 6.61 Å². The second-order valence-corrected chi connectivity index (χ2v) is 3.14. The summed E-state index contributed by atoms with van der Waals surface area (Å²) in [7, 11) is 0. The largest absolute Gasteiger partial charge is 0.468 e. The lowest BCUT2D eigenvalue weighted by molar-refractivity contribution is -0.139. The van der Waals surface area contributed by atoms with Crippen molar-refractivity contribution in [1.82, 2.24) is 5.32 Å². The fourth-order valence-electron chi connectivity index (χ4n) is 1.20. The van der Waals surface area contributed by atoms with Crippen LogP contribution in [0, 0.1) is 0 Å². The minimum absolute atomic E-state index is 0.0534. The number of ether oxygens (including phenoxy) is 2. The van der Waals surface area contributed by atoms with Crippen molar-refractivity contribution in [3.63, 3.8) is 0 Å². The van der Waals surface area contributed by atoms with E-state index in [9.17, 15) is 14.4 Å². The van der Waals surface area contributed by atoms with Gasteiger partial charge in [-0.15, -0.1) is 0 Å². The van der Waals surface area contributed by atoms with Crippen LogP contribution in [0.4, 0.5) is 0 Å². The molecule has 1 N–H and O–H groups in total. The average molecular weight is 240 g/mol. The molecule has 1 rings (SSSR count). The smallest absolute Gasteiger partial charge is 0.295 e. The molecule has 92 valence electrons. The van der Waals surface area contributed by atoms with Crippen LogP contribution in [0.2, 0.25) is 0 Å². The number of carbonyl (C=O) groups is 3. The van der Waals surface area contributed by atoms with Gasteiger partial charge in [0, 0.05) is 30.8 Å². The molecule has 0 unspecified atom stereocenters. The van der Waals surface area contributed by atoms with Crippen molar-refractivity contribution in [2.45, 2.75) is 19.1 Å². The Hall–Kier alpha value is -2.18. The summed E-state index contributed by atoms with van der Waals surface area (Å²) in [6.45, 7) is 0.566. The van der Waals surface area contributed by atoms with Gasteiger partial charge in [-0.3, -0.25) is 19.4 Å². The van der Waals surface area contributed by atoms with Gasteiger partial charge in [0.1, 0.15) is 0 Å². The number of amides is 1. The molecule has 0 aromatic carbocycles. The minimum Gasteiger partial charge on any atom is -0.468 e. The number of aliphatic imine (C=N–C) groups is 1. The lowest BCUT2D eigenvalue weighted by Gasteiger charge is -2.16. The molecule has 1 heterocycles. The van der Waals surface area contributed by atoms with Crippen molar-refractivity contribution in [3.8, 4) is 0 Å². The van der Waals surface area contributed by atoms with E-state index in [-0.39, 0.29) is 31.9 Å². The predicted molar refractivity (Wildman–Crippen MR) is 56.9 cm³/mol. The zero-order valence-electron chi connectivity index (χ0n) is 9.00. The molecule has 7 nitrogen and oxygen atoms in total. The van der Waals surface area contributed by atoms with E-state index in [0.29, 0.717) is 12.0 Å². The number of nitrogens with zero attached hydrogens (tertiary/aromatic N) is 1. The van der Waals surface area contributed by atoms with Crippen LogP contribution in [0.5, 0.6) is 0 Å². The summed E-state index contributed by atoms with van der Waals surface area (Å²) >= 11 is 0. The van der Waals surface area contributed by atoms with Gasteiger partial charge in [0.15, 0.2) is 6.23 Å². The summed E-state index contributed by atoms with van der Waals surface area (Å²) < 4.78 is 9.09. The monoisotopic (exact) mass is 240 g/mol. The highest BCUT2D eigenvalue weighted by atomic mass is 16.5. The molecule has 1 aliphatic heterocycles. The molecule has 1 aliphatic rings. The zero-order valence-corrected chi connectivity index (χ0v) is 9.00. The summed E-state index contributed by atoms with van der Waals surface area (Å²) in [4.78, 5) is 35.5. The van der Waals surface area contributed by atoms with Crippen molar-refractivity contribution >= 4 is 25.1 Å². The minimum atomic E-state index is -0.818. The van der Waals surface area contributed by atoms with Crippen molar-refractivity contribution in [2.24, 2.45) is 4.99 Å². The van der Waals surface area contributed by atoms with E-state index in [4.69, 9.17) is 0 Å². The van der Waals surface area contributed by atoms with E-state index in [0.717, 1.165) is 0 Å². The first-order valence-corrected chi connectivity index (χ1v) is 4.94. The van der Waals surface area contributed by atoms with Crippen LogP contribution in [0.25, 0.3) is 0 Å². The third kappa shape index (κ3) is 4.45. The van der Waals surface area contributed by atoms with Gasteiger partial charge >= 0.3 is 0 Å². The normalized spacial score (nSPS) is 14.7. The molecule has 0 bridgehead atoms. The fraction of sp³-hybridized carbons (Fsp3) is 0.400. The second kappa shape index (κ2) is 7.15. The first-order valence-electron chi connectivity index (χ1n) is 4.94. The summed E-state index contributed by atoms with van der Waals surface area (Å²) in [5.74, 6) is -0.361. The number of rotatable bonds is 8. The Morgan fingerprint density at radius 2 is 2.35 bits per heavy atom. The Kier molecular flexibility index (Phi) is 5.42. The third-order valence-electron chi connectivity index (χ3n) is 2.02. The van der Waals surface area contributed by atoms with Crippen LogP contribution in [0.3, 0.4) is 0 Å². The van der Waals surface area contributed by atoms with Gasteiger partial charge in [0.25, 0.3) is 18.9 Å². The Bertz CT molecular complexity index is 351. The van der Waals surface area contributed by atoms with Crippen LogP contribution in [-0.4, -0.2) is 37.9 Å². The predicted octanol–water partition coefficient (Wildman–Crippen LogP) is -0.477. The highest BCUT2D eigenvalue weighted by Crippen LogP contribution is 2.07. The Morgan fingerprint density at radius 3 is 2.94 bits per heavy atom. The van der Waals surface area contributed by atoms with Gasteiger partial charge in [0.2, 0.25) is 0 Å². The van der Waals surface area contributed by atoms with E-state index < -0.39 is 6.23 Å². The van der Waals surface area contributed by atoms with Crippen molar-refractivity contribution in [1.29, 1.82) is 0 Å². The topological polar surface area (TPSA) is 94.1 Å². The van der Waals surface area contributed by atoms with Crippen LogP contribution in [0.1, 0.15) is 12.8 Å². The summed E-state index contributed by atoms with van der Waals surface area (Å²) in [5, 5.41) is 2.48. The molecule has 0 aromatic heterocycles. The maximum atomic E-state index is 11.6. The van der Waals surface area contributed by atoms with Gasteiger partial charge < -0.3 is 14.8 Å². The molecule has 7 heteroatoms. The average Bonchev–Trinajstić information content (AvgIpc) is 2.83. The molecule has 0 saturated carbocycles. The van der Waals surface area contributed by atoms with E-state index in [2.05, 4.69) is 19.8 Å². The summed E-state index contributed by atoms with van der Waals surface area (Å²) in [5.41, 5.74) is 0.487. The second-order valence-electron chi connectivity index (χ2n) is 3.14. The Morgan fingerprint density at radius 1 is 1.53 bits per heavy atom. The Labute approximate surface area is 97.5 Å². The van der Waals surface area contributed by atoms with Crippen molar-refractivity contribution in [3.05, 3.63) is 11.8 Å². The van der Waals surface area contributed by atoms with Gasteiger partial charge in [-0.2, -0.15) is 0 Å². The zero-order chi connectivity index (χ0) is 12.5. The van der Waals surface area contributed by atoms with Gasteiger partial charge in [-0.1, -0.05) is 0 Å². The molecule has 0 radical (unpaired) electrons. The molecule has 0 saturated heterocycles. The van der Waals surface area contributed by atoms with Crippen LogP contribution in [0.15, 0.2) is 16.8 Å². The molecular weight excluding hydrogens is 228 g/mol. The van der Waals surface area contributed by atoms with E-state index in [1.807, 2.05) is 0 Å². The number of hydrogen-bond donors (Lipinski definition) is 1. The van der Waals surface area contributed by atoms with E-state index in [1.54, 1.807) is 6.21 Å². The molecule has 1 amide bonds. The van der Waals surface area contributed by atoms with E-state index >= 15 is 0 Å². The maximum Gasteiger partial charge on any atom is 0.295 e. The van der Waals surface area contributed by atoms with Gasteiger partial charge in [-0.25, -0.2) is 0 Å². The van der Waals surface area contributed by atoms with Crippen LogP contribution in [-0.2, 0) is 23.9 Å². The highest BCUT2D eigenvalue weighted by molar-refractivity contribution is 5.97. The molecule has 0 aliphatic carbocycles. The number of hydrogen-bond acceptors (Lipinski definition) is 6. The SMILES string of the molecule is O=COCC[C@H](NC(=O)C1=CN=CC1)OC=O. The van der Waals surface area contributed by atoms with Crippen LogP contribution < -0.4 is 5.32 Å². The molecule has 17 heavy (non-hydrogen) atoms. The number of carbonyl (C=O) groups excluding carboxylic acids is 3. The molecule has 0 fully saturated rings. The molecule has 0 aromatic rings. The molecule has 1 atom stereocenters. The first kappa shape index (κ1) is 12.9. The lowest BCUT2D eigenvalue weighted by Crippen LogP contribution is -2.38. The maximum absolute atomic E-state index is 11.6. The van der Waals surface area contributed by atoms with Crippen molar-refractivity contribution < 1.29 is 23.9 Å². The summed E-state index contributed by atoms with van der Waals surface area (Å²) in [6, 6.07) is 0. The quantitative estimate of drug-likeness (QED) is 0.351.